The van der Waals surface area contributed by atoms with Crippen molar-refractivity contribution in [3.8, 4) is 5.75 Å². The number of nitrogen functional groups attached to an aromatic ring is 1. The average molecular weight is 277 g/mol. The number of nitrogens with zero attached hydrogens (tertiary/aromatic N) is 2. The fourth-order valence-electron chi connectivity index (χ4n) is 2.16. The number of methoxy groups -OCH3 is 1. The van der Waals surface area contributed by atoms with Crippen LogP contribution in [-0.4, -0.2) is 29.9 Å². The van der Waals surface area contributed by atoms with Gasteiger partial charge in [-0.15, -0.1) is 0 Å². The van der Waals surface area contributed by atoms with Gasteiger partial charge in [0, 0.05) is 25.8 Å². The molecule has 1 aromatic carbocycles. The number of imidazole rings is 1. The van der Waals surface area contributed by atoms with Crippen LogP contribution in [0.1, 0.15) is 26.2 Å². The van der Waals surface area contributed by atoms with Gasteiger partial charge in [-0.05, 0) is 25.0 Å². The van der Waals surface area contributed by atoms with Crippen LogP contribution >= 0.6 is 0 Å². The number of rotatable bonds is 8. The van der Waals surface area contributed by atoms with Gasteiger partial charge in [-0.25, -0.2) is 4.98 Å². The molecule has 5 heteroatoms. The van der Waals surface area contributed by atoms with E-state index in [2.05, 4.69) is 11.9 Å². The summed E-state index contributed by atoms with van der Waals surface area (Å²) in [5.41, 5.74) is 7.89. The topological polar surface area (TPSA) is 62.3 Å². The molecule has 0 amide bonds. The molecule has 1 heterocycles. The first-order valence-electron chi connectivity index (χ1n) is 7.13. The smallest absolute Gasteiger partial charge is 0.201 e. The zero-order valence-corrected chi connectivity index (χ0v) is 12.3. The van der Waals surface area contributed by atoms with E-state index in [-0.39, 0.29) is 0 Å². The summed E-state index contributed by atoms with van der Waals surface area (Å²) in [6.07, 6.45) is 3.21. The standard InChI is InChI=1S/C15H23N3O2/c1-3-4-9-20-10-5-8-18-14-11-12(19-2)6-7-13(14)17-15(18)16/h6-7,11H,3-5,8-10H2,1-2H3,(H2,16,17). The van der Waals surface area contributed by atoms with Crippen LogP contribution in [0.5, 0.6) is 5.75 Å². The molecule has 20 heavy (non-hydrogen) atoms. The molecule has 0 saturated heterocycles. The molecule has 0 aliphatic rings. The monoisotopic (exact) mass is 277 g/mol. The van der Waals surface area contributed by atoms with Crippen LogP contribution in [0.15, 0.2) is 18.2 Å². The van der Waals surface area contributed by atoms with E-state index in [0.29, 0.717) is 5.95 Å². The van der Waals surface area contributed by atoms with E-state index in [9.17, 15) is 0 Å². The molecule has 2 aromatic rings. The molecule has 2 N–H and O–H groups in total. The number of fused-ring (bicyclic) bond motifs is 1. The third-order valence-electron chi connectivity index (χ3n) is 3.30. The third-order valence-corrected chi connectivity index (χ3v) is 3.30. The summed E-state index contributed by atoms with van der Waals surface area (Å²) in [4.78, 5) is 4.36. The summed E-state index contributed by atoms with van der Waals surface area (Å²) in [7, 11) is 1.66. The van der Waals surface area contributed by atoms with Gasteiger partial charge < -0.3 is 19.8 Å². The molecular formula is C15H23N3O2. The number of anilines is 1. The van der Waals surface area contributed by atoms with Crippen molar-refractivity contribution in [1.82, 2.24) is 9.55 Å². The number of aromatic nitrogens is 2. The molecule has 0 saturated carbocycles. The molecule has 0 spiro atoms. The van der Waals surface area contributed by atoms with Gasteiger partial charge in [0.15, 0.2) is 0 Å². The van der Waals surface area contributed by atoms with Gasteiger partial charge in [0.1, 0.15) is 5.75 Å². The van der Waals surface area contributed by atoms with Crippen molar-refractivity contribution in [2.45, 2.75) is 32.7 Å². The number of ether oxygens (including phenoxy) is 2. The van der Waals surface area contributed by atoms with Crippen molar-refractivity contribution < 1.29 is 9.47 Å². The Morgan fingerprint density at radius 2 is 2.05 bits per heavy atom. The molecule has 0 aliphatic carbocycles. The van der Waals surface area contributed by atoms with E-state index in [1.54, 1.807) is 7.11 Å². The molecule has 0 bridgehead atoms. The highest BCUT2D eigenvalue weighted by molar-refractivity contribution is 5.79. The lowest BCUT2D eigenvalue weighted by Crippen LogP contribution is -2.06. The number of aryl methyl sites for hydroxylation is 1. The lowest BCUT2D eigenvalue weighted by molar-refractivity contribution is 0.126. The quantitative estimate of drug-likeness (QED) is 0.754. The van der Waals surface area contributed by atoms with Gasteiger partial charge in [0.25, 0.3) is 0 Å². The molecular weight excluding hydrogens is 254 g/mol. The molecule has 110 valence electrons. The molecule has 0 fully saturated rings. The van der Waals surface area contributed by atoms with Crippen molar-refractivity contribution >= 4 is 17.0 Å². The fraction of sp³-hybridized carbons (Fsp3) is 0.533. The van der Waals surface area contributed by atoms with Crippen LogP contribution in [0.4, 0.5) is 5.95 Å². The molecule has 1 aromatic heterocycles. The Morgan fingerprint density at radius 3 is 2.80 bits per heavy atom. The largest absolute Gasteiger partial charge is 0.497 e. The van der Waals surface area contributed by atoms with Crippen LogP contribution < -0.4 is 10.5 Å². The lowest BCUT2D eigenvalue weighted by Gasteiger charge is -2.08. The van der Waals surface area contributed by atoms with Crippen molar-refractivity contribution in [2.24, 2.45) is 0 Å². The average Bonchev–Trinajstić information content (AvgIpc) is 2.77. The van der Waals surface area contributed by atoms with Crippen LogP contribution in [0, 0.1) is 0 Å². The Kier molecular flexibility index (Phi) is 5.24. The van der Waals surface area contributed by atoms with Crippen LogP contribution in [0.3, 0.4) is 0 Å². The number of hydrogen-bond donors (Lipinski definition) is 1. The zero-order chi connectivity index (χ0) is 14.4. The van der Waals surface area contributed by atoms with E-state index in [1.807, 2.05) is 22.8 Å². The van der Waals surface area contributed by atoms with Gasteiger partial charge >= 0.3 is 0 Å². The van der Waals surface area contributed by atoms with E-state index >= 15 is 0 Å². The summed E-state index contributed by atoms with van der Waals surface area (Å²) in [5.74, 6) is 1.36. The molecule has 0 radical (unpaired) electrons. The summed E-state index contributed by atoms with van der Waals surface area (Å²) >= 11 is 0. The Labute approximate surface area is 119 Å². The highest BCUT2D eigenvalue weighted by atomic mass is 16.5. The lowest BCUT2D eigenvalue weighted by atomic mass is 10.3. The van der Waals surface area contributed by atoms with Gasteiger partial charge in [-0.1, -0.05) is 13.3 Å². The van der Waals surface area contributed by atoms with Crippen molar-refractivity contribution in [3.05, 3.63) is 18.2 Å². The first kappa shape index (κ1) is 14.7. The molecule has 0 atom stereocenters. The van der Waals surface area contributed by atoms with Crippen molar-refractivity contribution in [2.75, 3.05) is 26.1 Å². The minimum absolute atomic E-state index is 0.543. The highest BCUT2D eigenvalue weighted by Gasteiger charge is 2.08. The Hall–Kier alpha value is -1.75. The zero-order valence-electron chi connectivity index (χ0n) is 12.3. The van der Waals surface area contributed by atoms with E-state index in [4.69, 9.17) is 15.2 Å². The molecule has 0 unspecified atom stereocenters. The summed E-state index contributed by atoms with van der Waals surface area (Å²) in [5, 5.41) is 0. The maximum absolute atomic E-state index is 5.98. The fourth-order valence-corrected chi connectivity index (χ4v) is 2.16. The highest BCUT2D eigenvalue weighted by Crippen LogP contribution is 2.23. The summed E-state index contributed by atoms with van der Waals surface area (Å²) in [6, 6.07) is 5.79. The SMILES string of the molecule is CCCCOCCCn1c(N)nc2ccc(OC)cc21. The molecule has 0 aliphatic heterocycles. The second-order valence-corrected chi connectivity index (χ2v) is 4.80. The van der Waals surface area contributed by atoms with E-state index < -0.39 is 0 Å². The predicted molar refractivity (Wildman–Crippen MR) is 81.0 cm³/mol. The predicted octanol–water partition coefficient (Wildman–Crippen LogP) is 2.83. The van der Waals surface area contributed by atoms with E-state index in [0.717, 1.165) is 49.4 Å². The second-order valence-electron chi connectivity index (χ2n) is 4.80. The maximum Gasteiger partial charge on any atom is 0.201 e. The van der Waals surface area contributed by atoms with Gasteiger partial charge in [-0.2, -0.15) is 0 Å². The van der Waals surface area contributed by atoms with Gasteiger partial charge in [0.05, 0.1) is 18.1 Å². The number of nitrogens with two attached hydrogens (primary N) is 1. The normalized spacial score (nSPS) is 11.1. The van der Waals surface area contributed by atoms with Gasteiger partial charge in [-0.3, -0.25) is 0 Å². The number of benzene rings is 1. The maximum atomic E-state index is 5.98. The van der Waals surface area contributed by atoms with Crippen LogP contribution in [-0.2, 0) is 11.3 Å². The minimum Gasteiger partial charge on any atom is -0.497 e. The Morgan fingerprint density at radius 1 is 1.25 bits per heavy atom. The van der Waals surface area contributed by atoms with E-state index in [1.165, 1.54) is 6.42 Å². The van der Waals surface area contributed by atoms with Crippen LogP contribution in [0.2, 0.25) is 0 Å². The summed E-state index contributed by atoms with van der Waals surface area (Å²) in [6.45, 7) is 4.56. The minimum atomic E-state index is 0.543. The van der Waals surface area contributed by atoms with Gasteiger partial charge in [0.2, 0.25) is 5.95 Å². The molecule has 2 rings (SSSR count). The first-order chi connectivity index (χ1) is 9.76. The van der Waals surface area contributed by atoms with Crippen molar-refractivity contribution in [3.63, 3.8) is 0 Å². The summed E-state index contributed by atoms with van der Waals surface area (Å²) < 4.78 is 12.8. The van der Waals surface area contributed by atoms with Crippen molar-refractivity contribution in [1.29, 1.82) is 0 Å². The number of unbranched alkanes of at least 4 members (excludes halogenated alkanes) is 1. The third kappa shape index (κ3) is 3.42. The van der Waals surface area contributed by atoms with Crippen LogP contribution in [0.25, 0.3) is 11.0 Å². The Bertz CT molecular complexity index is 551. The Balaban J connectivity index is 1.99. The number of hydrogen-bond acceptors (Lipinski definition) is 4. The molecule has 5 nitrogen and oxygen atoms in total. The first-order valence-corrected chi connectivity index (χ1v) is 7.13. The second kappa shape index (κ2) is 7.14.